The fourth-order valence-corrected chi connectivity index (χ4v) is 3.37. The Balaban J connectivity index is 1.82. The largest absolute Gasteiger partial charge is 0.494 e. The van der Waals surface area contributed by atoms with Crippen molar-refractivity contribution in [3.63, 3.8) is 0 Å². The molecule has 3 N–H and O–H groups in total. The number of guanidine groups is 1. The van der Waals surface area contributed by atoms with Crippen molar-refractivity contribution in [2.24, 2.45) is 16.6 Å². The van der Waals surface area contributed by atoms with Crippen molar-refractivity contribution in [3.8, 4) is 5.75 Å². The van der Waals surface area contributed by atoms with E-state index in [1.807, 2.05) is 12.1 Å². The summed E-state index contributed by atoms with van der Waals surface area (Å²) in [6, 6.07) is 8.25. The Morgan fingerprint density at radius 2 is 2.31 bits per heavy atom. The molecule has 0 aliphatic carbocycles. The predicted molar refractivity (Wildman–Crippen MR) is 105 cm³/mol. The van der Waals surface area contributed by atoms with Crippen molar-refractivity contribution in [2.75, 3.05) is 33.3 Å². The Morgan fingerprint density at radius 1 is 1.46 bits per heavy atom. The maximum absolute atomic E-state index is 11.2. The zero-order chi connectivity index (χ0) is 18.8. The van der Waals surface area contributed by atoms with Crippen LogP contribution >= 0.6 is 0 Å². The van der Waals surface area contributed by atoms with Crippen LogP contribution < -0.4 is 15.8 Å². The Morgan fingerprint density at radius 3 is 3.04 bits per heavy atom. The molecule has 1 heterocycles. The number of hydrogen-bond donors (Lipinski definition) is 2. The molecular formula is C20H32N4O2. The lowest BCUT2D eigenvalue weighted by atomic mass is 9.95. The highest BCUT2D eigenvalue weighted by Gasteiger charge is 2.23. The van der Waals surface area contributed by atoms with Gasteiger partial charge in [-0.3, -0.25) is 9.79 Å². The molecule has 6 heteroatoms. The molecule has 26 heavy (non-hydrogen) atoms. The fraction of sp³-hybridized carbons (Fsp3) is 0.600. The fourth-order valence-electron chi connectivity index (χ4n) is 3.37. The number of benzene rings is 1. The van der Waals surface area contributed by atoms with Crippen LogP contribution in [-0.4, -0.2) is 50.1 Å². The van der Waals surface area contributed by atoms with E-state index in [2.05, 4.69) is 34.3 Å². The van der Waals surface area contributed by atoms with Gasteiger partial charge in [0.1, 0.15) is 5.75 Å². The lowest BCUT2D eigenvalue weighted by Crippen LogP contribution is -2.47. The van der Waals surface area contributed by atoms with E-state index >= 15 is 0 Å². The van der Waals surface area contributed by atoms with Gasteiger partial charge in [0.05, 0.1) is 6.61 Å². The molecule has 144 valence electrons. The molecule has 0 radical (unpaired) electrons. The second-order valence-corrected chi connectivity index (χ2v) is 6.84. The molecule has 0 spiro atoms. The summed E-state index contributed by atoms with van der Waals surface area (Å²) in [5.41, 5.74) is 6.59. The summed E-state index contributed by atoms with van der Waals surface area (Å²) < 4.78 is 5.69. The third-order valence-corrected chi connectivity index (χ3v) is 4.59. The summed E-state index contributed by atoms with van der Waals surface area (Å²) in [5, 5.41) is 3.44. The summed E-state index contributed by atoms with van der Waals surface area (Å²) in [5.74, 6) is 1.94. The van der Waals surface area contributed by atoms with Gasteiger partial charge >= 0.3 is 0 Å². The van der Waals surface area contributed by atoms with E-state index in [4.69, 9.17) is 10.5 Å². The molecule has 1 aliphatic heterocycles. The average molecular weight is 361 g/mol. The van der Waals surface area contributed by atoms with Gasteiger partial charge in [0, 0.05) is 33.1 Å². The minimum absolute atomic E-state index is 0.218. The molecule has 1 fully saturated rings. The van der Waals surface area contributed by atoms with Crippen LogP contribution in [0.3, 0.4) is 0 Å². The van der Waals surface area contributed by atoms with Crippen LogP contribution in [0.1, 0.15) is 38.2 Å². The number of carbonyl (C=O) groups excluding carboxylic acids is 1. The van der Waals surface area contributed by atoms with Crippen LogP contribution in [0.4, 0.5) is 0 Å². The molecule has 1 amide bonds. The number of carbonyl (C=O) groups is 1. The molecule has 2 rings (SSSR count). The van der Waals surface area contributed by atoms with E-state index in [0.29, 0.717) is 12.3 Å². The van der Waals surface area contributed by atoms with Gasteiger partial charge in [-0.25, -0.2) is 0 Å². The van der Waals surface area contributed by atoms with Gasteiger partial charge in [-0.05, 0) is 49.3 Å². The lowest BCUT2D eigenvalue weighted by Gasteiger charge is -2.34. The minimum Gasteiger partial charge on any atom is -0.494 e. The summed E-state index contributed by atoms with van der Waals surface area (Å²) >= 11 is 0. The summed E-state index contributed by atoms with van der Waals surface area (Å²) in [6.45, 7) is 5.46. The number of aliphatic imine (C=N–C) groups is 1. The molecule has 1 aromatic rings. The molecule has 0 saturated carbocycles. The van der Waals surface area contributed by atoms with Crippen molar-refractivity contribution in [2.45, 2.75) is 39.0 Å². The van der Waals surface area contributed by atoms with Gasteiger partial charge < -0.3 is 20.7 Å². The predicted octanol–water partition coefficient (Wildman–Crippen LogP) is 2.18. The SMILES string of the molecule is CCCOc1cccc(CCNC(=NC)N2CCCC(CC(N)=O)C2)c1. The first kappa shape index (κ1) is 20.1. The first-order valence-corrected chi connectivity index (χ1v) is 9.58. The summed E-state index contributed by atoms with van der Waals surface area (Å²) in [4.78, 5) is 17.8. The van der Waals surface area contributed by atoms with Crippen LogP contribution in [-0.2, 0) is 11.2 Å². The maximum Gasteiger partial charge on any atom is 0.217 e. The smallest absolute Gasteiger partial charge is 0.217 e. The quantitative estimate of drug-likeness (QED) is 0.550. The number of likely N-dealkylation sites (tertiary alicyclic amines) is 1. The topological polar surface area (TPSA) is 79.9 Å². The number of piperidine rings is 1. The van der Waals surface area contributed by atoms with Gasteiger partial charge in [-0.15, -0.1) is 0 Å². The second-order valence-electron chi connectivity index (χ2n) is 6.84. The van der Waals surface area contributed by atoms with Crippen molar-refractivity contribution in [3.05, 3.63) is 29.8 Å². The number of primary amides is 1. The second kappa shape index (κ2) is 10.7. The van der Waals surface area contributed by atoms with Crippen LogP contribution in [0, 0.1) is 5.92 Å². The summed E-state index contributed by atoms with van der Waals surface area (Å²) in [7, 11) is 1.80. The highest BCUT2D eigenvalue weighted by atomic mass is 16.5. The Hall–Kier alpha value is -2.24. The molecule has 1 aliphatic rings. The molecule has 1 aromatic carbocycles. The van der Waals surface area contributed by atoms with Crippen molar-refractivity contribution in [1.29, 1.82) is 0 Å². The van der Waals surface area contributed by atoms with Gasteiger partial charge in [0.2, 0.25) is 5.91 Å². The molecule has 0 bridgehead atoms. The van der Waals surface area contributed by atoms with Gasteiger partial charge in [0.25, 0.3) is 0 Å². The van der Waals surface area contributed by atoms with Crippen molar-refractivity contribution in [1.82, 2.24) is 10.2 Å². The normalized spacial score (nSPS) is 17.8. The molecule has 1 saturated heterocycles. The van der Waals surface area contributed by atoms with Crippen LogP contribution in [0.25, 0.3) is 0 Å². The Kier molecular flexibility index (Phi) is 8.25. The number of amides is 1. The van der Waals surface area contributed by atoms with Crippen molar-refractivity contribution < 1.29 is 9.53 Å². The molecule has 0 aromatic heterocycles. The number of nitrogens with two attached hydrogens (primary N) is 1. The Labute approximate surface area is 156 Å². The van der Waals surface area contributed by atoms with Crippen LogP contribution in [0.5, 0.6) is 5.75 Å². The van der Waals surface area contributed by atoms with Crippen LogP contribution in [0.15, 0.2) is 29.3 Å². The van der Waals surface area contributed by atoms with E-state index in [9.17, 15) is 4.79 Å². The zero-order valence-corrected chi connectivity index (χ0v) is 16.0. The van der Waals surface area contributed by atoms with Crippen molar-refractivity contribution >= 4 is 11.9 Å². The molecule has 1 atom stereocenters. The number of hydrogen-bond acceptors (Lipinski definition) is 3. The van der Waals surface area contributed by atoms with E-state index in [-0.39, 0.29) is 5.91 Å². The summed E-state index contributed by atoms with van der Waals surface area (Å²) in [6.07, 6.45) is 4.49. The highest BCUT2D eigenvalue weighted by Crippen LogP contribution is 2.19. The van der Waals surface area contributed by atoms with Gasteiger partial charge in [-0.1, -0.05) is 19.1 Å². The van der Waals surface area contributed by atoms with Crippen LogP contribution in [0.2, 0.25) is 0 Å². The third kappa shape index (κ3) is 6.58. The number of rotatable bonds is 8. The molecule has 1 unspecified atom stereocenters. The Bertz CT molecular complexity index is 603. The zero-order valence-electron chi connectivity index (χ0n) is 16.0. The monoisotopic (exact) mass is 360 g/mol. The van der Waals surface area contributed by atoms with Gasteiger partial charge in [-0.2, -0.15) is 0 Å². The third-order valence-electron chi connectivity index (χ3n) is 4.59. The number of nitrogens with one attached hydrogen (secondary N) is 1. The first-order chi connectivity index (χ1) is 12.6. The standard InChI is InChI=1S/C20H32N4O2/c1-3-12-26-18-8-4-6-16(13-18)9-10-23-20(22-2)24-11-5-7-17(15-24)14-19(21)25/h4,6,8,13,17H,3,5,7,9-12,14-15H2,1-2H3,(H2,21,25)(H,22,23). The van der Waals surface area contributed by atoms with E-state index in [0.717, 1.165) is 63.6 Å². The first-order valence-electron chi connectivity index (χ1n) is 9.58. The number of nitrogens with zero attached hydrogens (tertiary/aromatic N) is 2. The molecular weight excluding hydrogens is 328 g/mol. The minimum atomic E-state index is -0.218. The average Bonchev–Trinajstić information content (AvgIpc) is 2.63. The van der Waals surface area contributed by atoms with E-state index in [1.165, 1.54) is 5.56 Å². The van der Waals surface area contributed by atoms with E-state index in [1.54, 1.807) is 7.05 Å². The lowest BCUT2D eigenvalue weighted by molar-refractivity contribution is -0.119. The molecule has 6 nitrogen and oxygen atoms in total. The maximum atomic E-state index is 11.2. The van der Waals surface area contributed by atoms with E-state index < -0.39 is 0 Å². The number of ether oxygens (including phenoxy) is 1. The van der Waals surface area contributed by atoms with Gasteiger partial charge in [0.15, 0.2) is 5.96 Å². The highest BCUT2D eigenvalue weighted by molar-refractivity contribution is 5.80.